The van der Waals surface area contributed by atoms with Crippen LogP contribution in [0.4, 0.5) is 4.39 Å². The Hall–Kier alpha value is -1.66. The number of ether oxygens (including phenoxy) is 2. The summed E-state index contributed by atoms with van der Waals surface area (Å²) in [5.74, 6) is -0.607. The van der Waals surface area contributed by atoms with Gasteiger partial charge in [0.25, 0.3) is 5.91 Å². The zero-order valence-corrected chi connectivity index (χ0v) is 14.9. The minimum atomic E-state index is -0.518. The SMILES string of the molecule is COc1ccc(C(=O)NCC2(N3CCOCC3)CCCCC2)cc1F. The van der Waals surface area contributed by atoms with Crippen LogP contribution < -0.4 is 10.1 Å². The lowest BCUT2D eigenvalue weighted by atomic mass is 9.79. The monoisotopic (exact) mass is 350 g/mol. The number of benzene rings is 1. The van der Waals surface area contributed by atoms with Gasteiger partial charge in [-0.25, -0.2) is 4.39 Å². The van der Waals surface area contributed by atoms with Gasteiger partial charge in [0.15, 0.2) is 11.6 Å². The molecule has 1 aliphatic carbocycles. The predicted molar refractivity (Wildman–Crippen MR) is 93.5 cm³/mol. The molecule has 0 aromatic heterocycles. The van der Waals surface area contributed by atoms with E-state index in [4.69, 9.17) is 9.47 Å². The van der Waals surface area contributed by atoms with Gasteiger partial charge in [-0.3, -0.25) is 9.69 Å². The van der Waals surface area contributed by atoms with Gasteiger partial charge in [-0.15, -0.1) is 0 Å². The van der Waals surface area contributed by atoms with Crippen LogP contribution in [0.1, 0.15) is 42.5 Å². The highest BCUT2D eigenvalue weighted by Gasteiger charge is 2.38. The van der Waals surface area contributed by atoms with Gasteiger partial charge in [0, 0.05) is 30.7 Å². The molecule has 1 heterocycles. The van der Waals surface area contributed by atoms with E-state index in [0.29, 0.717) is 12.1 Å². The molecule has 1 saturated carbocycles. The first-order valence-electron chi connectivity index (χ1n) is 9.09. The second-order valence-electron chi connectivity index (χ2n) is 6.92. The van der Waals surface area contributed by atoms with Crippen molar-refractivity contribution < 1.29 is 18.7 Å². The highest BCUT2D eigenvalue weighted by atomic mass is 19.1. The number of hydrogen-bond donors (Lipinski definition) is 1. The molecule has 1 amide bonds. The van der Waals surface area contributed by atoms with E-state index in [1.54, 1.807) is 6.07 Å². The third-order valence-electron chi connectivity index (χ3n) is 5.46. The zero-order valence-electron chi connectivity index (χ0n) is 14.9. The number of nitrogens with one attached hydrogen (secondary N) is 1. The molecule has 6 heteroatoms. The van der Waals surface area contributed by atoms with E-state index in [2.05, 4.69) is 10.2 Å². The number of carbonyl (C=O) groups is 1. The van der Waals surface area contributed by atoms with Crippen LogP contribution in [-0.4, -0.2) is 56.3 Å². The number of amides is 1. The molecule has 1 aliphatic heterocycles. The molecule has 0 radical (unpaired) electrons. The summed E-state index contributed by atoms with van der Waals surface area (Å²) in [4.78, 5) is 15.0. The molecule has 5 nitrogen and oxygen atoms in total. The van der Waals surface area contributed by atoms with E-state index >= 15 is 0 Å². The molecule has 1 saturated heterocycles. The first-order valence-corrected chi connectivity index (χ1v) is 9.09. The molecular formula is C19H27FN2O3. The van der Waals surface area contributed by atoms with Crippen molar-refractivity contribution in [2.24, 2.45) is 0 Å². The fourth-order valence-electron chi connectivity index (χ4n) is 4.01. The van der Waals surface area contributed by atoms with Gasteiger partial charge in [0.1, 0.15) is 0 Å². The van der Waals surface area contributed by atoms with E-state index in [9.17, 15) is 9.18 Å². The lowest BCUT2D eigenvalue weighted by molar-refractivity contribution is -0.0361. The third-order valence-corrected chi connectivity index (χ3v) is 5.46. The summed E-state index contributed by atoms with van der Waals surface area (Å²) in [6.45, 7) is 3.92. The molecular weight excluding hydrogens is 323 g/mol. The van der Waals surface area contributed by atoms with Gasteiger partial charge in [0.05, 0.1) is 20.3 Å². The molecule has 0 atom stereocenters. The Balaban J connectivity index is 1.68. The van der Waals surface area contributed by atoms with Crippen molar-refractivity contribution in [3.8, 4) is 5.75 Å². The van der Waals surface area contributed by atoms with Gasteiger partial charge in [-0.2, -0.15) is 0 Å². The number of morpholine rings is 1. The summed E-state index contributed by atoms with van der Waals surface area (Å²) < 4.78 is 24.2. The fourth-order valence-corrected chi connectivity index (χ4v) is 4.01. The number of halogens is 1. The smallest absolute Gasteiger partial charge is 0.251 e. The van der Waals surface area contributed by atoms with E-state index < -0.39 is 5.82 Å². The van der Waals surface area contributed by atoms with Gasteiger partial charge in [0.2, 0.25) is 0 Å². The van der Waals surface area contributed by atoms with Crippen LogP contribution in [0.25, 0.3) is 0 Å². The molecule has 1 N–H and O–H groups in total. The summed E-state index contributed by atoms with van der Waals surface area (Å²) in [6, 6.07) is 4.32. The predicted octanol–water partition coefficient (Wildman–Crippen LogP) is 2.60. The maximum Gasteiger partial charge on any atom is 0.251 e. The molecule has 1 aromatic rings. The van der Waals surface area contributed by atoms with E-state index in [0.717, 1.165) is 39.1 Å². The highest BCUT2D eigenvalue weighted by Crippen LogP contribution is 2.34. The van der Waals surface area contributed by atoms with Crippen molar-refractivity contribution in [3.05, 3.63) is 29.6 Å². The Morgan fingerprint density at radius 1 is 1.28 bits per heavy atom. The Bertz CT molecular complexity index is 596. The molecule has 138 valence electrons. The molecule has 1 aromatic carbocycles. The molecule has 0 spiro atoms. The van der Waals surface area contributed by atoms with Crippen molar-refractivity contribution >= 4 is 5.91 Å². The van der Waals surface area contributed by atoms with Gasteiger partial charge in [-0.05, 0) is 31.0 Å². The Morgan fingerprint density at radius 3 is 2.64 bits per heavy atom. The maximum atomic E-state index is 13.8. The summed E-state index contributed by atoms with van der Waals surface area (Å²) in [5, 5.41) is 3.04. The maximum absolute atomic E-state index is 13.8. The van der Waals surface area contributed by atoms with Gasteiger partial charge < -0.3 is 14.8 Å². The standard InChI is InChI=1S/C19H27FN2O3/c1-24-17-6-5-15(13-16(17)20)18(23)21-14-19(7-3-2-4-8-19)22-9-11-25-12-10-22/h5-6,13H,2-4,7-12,14H2,1H3,(H,21,23). The molecule has 3 rings (SSSR count). The fraction of sp³-hybridized carbons (Fsp3) is 0.632. The van der Waals surface area contributed by atoms with Crippen LogP contribution in [0.3, 0.4) is 0 Å². The number of methoxy groups -OCH3 is 1. The first kappa shape index (κ1) is 18.1. The zero-order chi connectivity index (χ0) is 17.7. The molecule has 2 fully saturated rings. The van der Waals surface area contributed by atoms with Crippen LogP contribution in [0.15, 0.2) is 18.2 Å². The van der Waals surface area contributed by atoms with Gasteiger partial charge >= 0.3 is 0 Å². The molecule has 0 unspecified atom stereocenters. The molecule has 25 heavy (non-hydrogen) atoms. The Morgan fingerprint density at radius 2 is 2.00 bits per heavy atom. The summed E-state index contributed by atoms with van der Waals surface area (Å²) >= 11 is 0. The average Bonchev–Trinajstić information content (AvgIpc) is 2.67. The number of carbonyl (C=O) groups excluding carboxylic acids is 1. The van der Waals surface area contributed by atoms with E-state index in [-0.39, 0.29) is 17.2 Å². The summed E-state index contributed by atoms with van der Waals surface area (Å²) in [7, 11) is 1.41. The van der Waals surface area contributed by atoms with Crippen molar-refractivity contribution in [2.45, 2.75) is 37.6 Å². The summed E-state index contributed by atoms with van der Waals surface area (Å²) in [6.07, 6.45) is 5.80. The van der Waals surface area contributed by atoms with E-state index in [1.165, 1.54) is 38.5 Å². The van der Waals surface area contributed by atoms with Crippen LogP contribution in [0, 0.1) is 5.82 Å². The normalized spacial score (nSPS) is 20.9. The van der Waals surface area contributed by atoms with Crippen LogP contribution in [0.2, 0.25) is 0 Å². The lowest BCUT2D eigenvalue weighted by Gasteiger charge is -2.48. The topological polar surface area (TPSA) is 50.8 Å². The summed E-state index contributed by atoms with van der Waals surface area (Å²) in [5.41, 5.74) is 0.328. The highest BCUT2D eigenvalue weighted by molar-refractivity contribution is 5.94. The average molecular weight is 350 g/mol. The van der Waals surface area contributed by atoms with Gasteiger partial charge in [-0.1, -0.05) is 19.3 Å². The van der Waals surface area contributed by atoms with Crippen LogP contribution in [-0.2, 0) is 4.74 Å². The van der Waals surface area contributed by atoms with Crippen molar-refractivity contribution in [1.29, 1.82) is 0 Å². The third kappa shape index (κ3) is 4.12. The minimum Gasteiger partial charge on any atom is -0.494 e. The van der Waals surface area contributed by atoms with Crippen LogP contribution >= 0.6 is 0 Å². The van der Waals surface area contributed by atoms with Crippen molar-refractivity contribution in [1.82, 2.24) is 10.2 Å². The second kappa shape index (κ2) is 8.15. The minimum absolute atomic E-state index is 0.00268. The lowest BCUT2D eigenvalue weighted by Crippen LogP contribution is -2.59. The van der Waals surface area contributed by atoms with Crippen molar-refractivity contribution in [2.75, 3.05) is 40.0 Å². The number of nitrogens with zero attached hydrogens (tertiary/aromatic N) is 1. The first-order chi connectivity index (χ1) is 12.1. The number of hydrogen-bond acceptors (Lipinski definition) is 4. The second-order valence-corrected chi connectivity index (χ2v) is 6.92. The molecule has 2 aliphatic rings. The Labute approximate surface area is 148 Å². The molecule has 0 bridgehead atoms. The van der Waals surface area contributed by atoms with E-state index in [1.807, 2.05) is 0 Å². The quantitative estimate of drug-likeness (QED) is 0.887. The Kier molecular flexibility index (Phi) is 5.91. The number of rotatable bonds is 5. The van der Waals surface area contributed by atoms with Crippen molar-refractivity contribution in [3.63, 3.8) is 0 Å². The largest absolute Gasteiger partial charge is 0.494 e. The van der Waals surface area contributed by atoms with Crippen LogP contribution in [0.5, 0.6) is 5.75 Å².